The first kappa shape index (κ1) is 15.3. The predicted molar refractivity (Wildman–Crippen MR) is 78.9 cm³/mol. The number of piperidine rings is 1. The van der Waals surface area contributed by atoms with Gasteiger partial charge in [0.25, 0.3) is 0 Å². The highest BCUT2D eigenvalue weighted by atomic mass is 35.5. The van der Waals surface area contributed by atoms with Crippen LogP contribution in [0.4, 0.5) is 0 Å². The molecule has 1 aromatic rings. The second-order valence-electron chi connectivity index (χ2n) is 4.91. The Labute approximate surface area is 117 Å². The molecule has 0 radical (unpaired) electrons. The summed E-state index contributed by atoms with van der Waals surface area (Å²) in [4.78, 5) is 2.60. The van der Waals surface area contributed by atoms with E-state index in [2.05, 4.69) is 36.1 Å². The lowest BCUT2D eigenvalue weighted by Gasteiger charge is -2.32. The van der Waals surface area contributed by atoms with Crippen molar-refractivity contribution in [3.8, 4) is 5.75 Å². The molecule has 1 heterocycles. The lowest BCUT2D eigenvalue weighted by Crippen LogP contribution is -2.34. The molecule has 1 aliphatic rings. The molecule has 0 amide bonds. The van der Waals surface area contributed by atoms with Gasteiger partial charge in [-0.05, 0) is 56.0 Å². The van der Waals surface area contributed by atoms with Crippen molar-refractivity contribution in [1.29, 1.82) is 0 Å². The maximum Gasteiger partial charge on any atom is 0.118 e. The molecule has 3 heteroatoms. The van der Waals surface area contributed by atoms with Gasteiger partial charge in [0.2, 0.25) is 0 Å². The molecule has 102 valence electrons. The third-order valence-corrected chi connectivity index (χ3v) is 3.63. The van der Waals surface area contributed by atoms with E-state index in [1.807, 2.05) is 0 Å². The molecule has 0 bridgehead atoms. The molecule has 18 heavy (non-hydrogen) atoms. The molecule has 2 nitrogen and oxygen atoms in total. The zero-order valence-electron chi connectivity index (χ0n) is 11.4. The van der Waals surface area contributed by atoms with Crippen molar-refractivity contribution in [3.05, 3.63) is 29.8 Å². The van der Waals surface area contributed by atoms with Crippen LogP contribution < -0.4 is 4.74 Å². The average Bonchev–Trinajstić information content (AvgIpc) is 2.40. The largest absolute Gasteiger partial charge is 0.497 e. The SMILES string of the molecule is CCCN1CCCC(c2ccc(OC)cc2)C1.Cl. The van der Waals surface area contributed by atoms with Crippen LogP contribution in [0.1, 0.15) is 37.7 Å². The molecule has 0 aromatic heterocycles. The number of halogens is 1. The Bertz CT molecular complexity index is 337. The van der Waals surface area contributed by atoms with Crippen molar-refractivity contribution in [2.24, 2.45) is 0 Å². The number of likely N-dealkylation sites (tertiary alicyclic amines) is 1. The Morgan fingerprint density at radius 3 is 2.61 bits per heavy atom. The minimum absolute atomic E-state index is 0. The fraction of sp³-hybridized carbons (Fsp3) is 0.600. The summed E-state index contributed by atoms with van der Waals surface area (Å²) >= 11 is 0. The summed E-state index contributed by atoms with van der Waals surface area (Å²) in [7, 11) is 1.72. The van der Waals surface area contributed by atoms with E-state index in [-0.39, 0.29) is 12.4 Å². The van der Waals surface area contributed by atoms with Crippen LogP contribution in [0.25, 0.3) is 0 Å². The highest BCUT2D eigenvalue weighted by Crippen LogP contribution is 2.28. The molecule has 1 aliphatic heterocycles. The topological polar surface area (TPSA) is 12.5 Å². The van der Waals surface area contributed by atoms with Crippen molar-refractivity contribution >= 4 is 12.4 Å². The number of rotatable bonds is 4. The lowest BCUT2D eigenvalue weighted by atomic mass is 9.90. The van der Waals surface area contributed by atoms with Crippen LogP contribution in [0.15, 0.2) is 24.3 Å². The number of nitrogens with zero attached hydrogens (tertiary/aromatic N) is 1. The van der Waals surface area contributed by atoms with Crippen LogP contribution in [0.5, 0.6) is 5.75 Å². The van der Waals surface area contributed by atoms with Gasteiger partial charge in [-0.25, -0.2) is 0 Å². The van der Waals surface area contributed by atoms with E-state index in [1.165, 1.54) is 44.5 Å². The van der Waals surface area contributed by atoms with Gasteiger partial charge in [0.15, 0.2) is 0 Å². The van der Waals surface area contributed by atoms with E-state index >= 15 is 0 Å². The van der Waals surface area contributed by atoms with Gasteiger partial charge in [0.1, 0.15) is 5.75 Å². The number of ether oxygens (including phenoxy) is 1. The van der Waals surface area contributed by atoms with Gasteiger partial charge in [0.05, 0.1) is 7.11 Å². The Morgan fingerprint density at radius 2 is 2.00 bits per heavy atom. The molecule has 0 aliphatic carbocycles. The van der Waals surface area contributed by atoms with E-state index in [9.17, 15) is 0 Å². The standard InChI is InChI=1S/C15H23NO.ClH/c1-3-10-16-11-4-5-14(12-16)13-6-8-15(17-2)9-7-13;/h6-9,14H,3-5,10-12H2,1-2H3;1H. The van der Waals surface area contributed by atoms with Gasteiger partial charge < -0.3 is 9.64 Å². The third-order valence-electron chi connectivity index (χ3n) is 3.63. The summed E-state index contributed by atoms with van der Waals surface area (Å²) in [6.45, 7) is 6.00. The van der Waals surface area contributed by atoms with Gasteiger partial charge >= 0.3 is 0 Å². The molecule has 1 saturated heterocycles. The summed E-state index contributed by atoms with van der Waals surface area (Å²) in [6.07, 6.45) is 3.92. The van der Waals surface area contributed by atoms with Crippen LogP contribution in [0.2, 0.25) is 0 Å². The normalized spacial score (nSPS) is 20.2. The Balaban J connectivity index is 0.00000162. The predicted octanol–water partition coefficient (Wildman–Crippen LogP) is 3.71. The van der Waals surface area contributed by atoms with Gasteiger partial charge in [-0.2, -0.15) is 0 Å². The van der Waals surface area contributed by atoms with E-state index in [0.717, 1.165) is 5.75 Å². The van der Waals surface area contributed by atoms with Crippen LogP contribution >= 0.6 is 12.4 Å². The molecule has 1 atom stereocenters. The minimum atomic E-state index is 0. The van der Waals surface area contributed by atoms with Crippen molar-refractivity contribution in [2.45, 2.75) is 32.1 Å². The number of hydrogen-bond donors (Lipinski definition) is 0. The first-order valence-electron chi connectivity index (χ1n) is 6.69. The number of benzene rings is 1. The second kappa shape index (κ2) is 7.65. The molecule has 0 N–H and O–H groups in total. The van der Waals surface area contributed by atoms with Gasteiger partial charge in [-0.3, -0.25) is 0 Å². The van der Waals surface area contributed by atoms with Crippen molar-refractivity contribution in [3.63, 3.8) is 0 Å². The third kappa shape index (κ3) is 3.89. The Hall–Kier alpha value is -0.730. The first-order valence-corrected chi connectivity index (χ1v) is 6.69. The highest BCUT2D eigenvalue weighted by Gasteiger charge is 2.20. The lowest BCUT2D eigenvalue weighted by molar-refractivity contribution is 0.208. The van der Waals surface area contributed by atoms with Crippen molar-refractivity contribution in [1.82, 2.24) is 4.90 Å². The van der Waals surface area contributed by atoms with Crippen LogP contribution in [-0.2, 0) is 0 Å². The quantitative estimate of drug-likeness (QED) is 0.826. The summed E-state index contributed by atoms with van der Waals surface area (Å²) in [5.41, 5.74) is 1.46. The molecule has 1 fully saturated rings. The van der Waals surface area contributed by atoms with E-state index in [1.54, 1.807) is 7.11 Å². The highest BCUT2D eigenvalue weighted by molar-refractivity contribution is 5.85. The fourth-order valence-electron chi connectivity index (χ4n) is 2.72. The van der Waals surface area contributed by atoms with Crippen LogP contribution in [-0.4, -0.2) is 31.6 Å². The van der Waals surface area contributed by atoms with Crippen LogP contribution in [0, 0.1) is 0 Å². The second-order valence-corrected chi connectivity index (χ2v) is 4.91. The number of hydrogen-bond acceptors (Lipinski definition) is 2. The monoisotopic (exact) mass is 269 g/mol. The van der Waals surface area contributed by atoms with Gasteiger partial charge in [0, 0.05) is 6.54 Å². The van der Waals surface area contributed by atoms with Crippen LogP contribution in [0.3, 0.4) is 0 Å². The van der Waals surface area contributed by atoms with Gasteiger partial charge in [-0.1, -0.05) is 19.1 Å². The molecular formula is C15H24ClNO. The smallest absolute Gasteiger partial charge is 0.118 e. The average molecular weight is 270 g/mol. The zero-order chi connectivity index (χ0) is 12.1. The van der Waals surface area contributed by atoms with Gasteiger partial charge in [-0.15, -0.1) is 12.4 Å². The molecule has 2 rings (SSSR count). The number of methoxy groups -OCH3 is 1. The van der Waals surface area contributed by atoms with Crippen molar-refractivity contribution < 1.29 is 4.74 Å². The summed E-state index contributed by atoms with van der Waals surface area (Å²) < 4.78 is 5.21. The molecule has 1 aromatic carbocycles. The fourth-order valence-corrected chi connectivity index (χ4v) is 2.72. The van der Waals surface area contributed by atoms with E-state index in [4.69, 9.17) is 4.74 Å². The van der Waals surface area contributed by atoms with Crippen molar-refractivity contribution in [2.75, 3.05) is 26.7 Å². The maximum absolute atomic E-state index is 5.21. The Morgan fingerprint density at radius 1 is 1.28 bits per heavy atom. The van der Waals surface area contributed by atoms with E-state index < -0.39 is 0 Å². The molecule has 1 unspecified atom stereocenters. The first-order chi connectivity index (χ1) is 8.33. The maximum atomic E-state index is 5.21. The summed E-state index contributed by atoms with van der Waals surface area (Å²) in [5.74, 6) is 1.66. The minimum Gasteiger partial charge on any atom is -0.497 e. The molecule has 0 saturated carbocycles. The molecule has 0 spiro atoms. The Kier molecular flexibility index (Phi) is 6.51. The zero-order valence-corrected chi connectivity index (χ0v) is 12.2. The molecular weight excluding hydrogens is 246 g/mol. The summed E-state index contributed by atoms with van der Waals surface area (Å²) in [6, 6.07) is 8.60. The summed E-state index contributed by atoms with van der Waals surface area (Å²) in [5, 5.41) is 0. The van der Waals surface area contributed by atoms with E-state index in [0.29, 0.717) is 5.92 Å².